The minimum atomic E-state index is -0.573. The highest BCUT2D eigenvalue weighted by Gasteiger charge is 2.12. The first-order chi connectivity index (χ1) is 12.2. The third-order valence-electron chi connectivity index (χ3n) is 4.19. The van der Waals surface area contributed by atoms with E-state index in [1.165, 1.54) is 38.5 Å². The van der Waals surface area contributed by atoms with Crippen LogP contribution < -0.4 is 16.4 Å². The van der Waals surface area contributed by atoms with E-state index in [1.807, 2.05) is 6.92 Å². The van der Waals surface area contributed by atoms with Gasteiger partial charge in [0, 0.05) is 13.1 Å². The topological polar surface area (TPSA) is 102 Å². The monoisotopic (exact) mass is 478 g/mol. The van der Waals surface area contributed by atoms with Crippen LogP contribution in [0.1, 0.15) is 61.8 Å². The number of ether oxygens (including phenoxy) is 1. The van der Waals surface area contributed by atoms with Crippen LogP contribution in [0.4, 0.5) is 0 Å². The number of rotatable bonds is 8. The van der Waals surface area contributed by atoms with Gasteiger partial charge in [-0.15, -0.1) is 24.0 Å². The Hall–Kier alpha value is -1.29. The van der Waals surface area contributed by atoms with Gasteiger partial charge < -0.3 is 25.5 Å². The van der Waals surface area contributed by atoms with Crippen LogP contribution in [0.5, 0.6) is 0 Å². The van der Waals surface area contributed by atoms with Crippen LogP contribution in [-0.4, -0.2) is 37.7 Å². The van der Waals surface area contributed by atoms with Crippen LogP contribution in [0.2, 0.25) is 0 Å². The molecule has 0 bridgehead atoms. The van der Waals surface area contributed by atoms with E-state index in [9.17, 15) is 4.79 Å². The molecule has 1 aromatic heterocycles. The first kappa shape index (κ1) is 22.8. The molecule has 148 valence electrons. The van der Waals surface area contributed by atoms with Gasteiger partial charge in [-0.3, -0.25) is 4.79 Å². The fourth-order valence-electron chi connectivity index (χ4n) is 2.90. The molecule has 1 aliphatic carbocycles. The normalized spacial score (nSPS) is 15.8. The summed E-state index contributed by atoms with van der Waals surface area (Å²) in [7, 11) is 0. The van der Waals surface area contributed by atoms with Gasteiger partial charge >= 0.3 is 0 Å². The summed E-state index contributed by atoms with van der Waals surface area (Å²) in [6.45, 7) is 4.48. The number of carbonyl (C=O) groups is 1. The standard InChI is InChI=1S/C18H30N4O3.HI/c1-2-20-18(22-13-15-9-10-16(25-15)17(19)23)21-11-12-24-14-7-5-3-4-6-8-14;/h9-10,14H,2-8,11-13H2,1H3,(H2,19,23)(H2,20,21,22);1H. The maximum Gasteiger partial charge on any atom is 0.284 e. The van der Waals surface area contributed by atoms with Crippen molar-refractivity contribution in [1.82, 2.24) is 10.6 Å². The zero-order valence-electron chi connectivity index (χ0n) is 15.5. The molecule has 7 nitrogen and oxygen atoms in total. The Morgan fingerprint density at radius 2 is 2.00 bits per heavy atom. The number of carbonyl (C=O) groups excluding carboxylic acids is 1. The summed E-state index contributed by atoms with van der Waals surface area (Å²) >= 11 is 0. The van der Waals surface area contributed by atoms with Crippen molar-refractivity contribution in [3.8, 4) is 0 Å². The number of hydrogen-bond acceptors (Lipinski definition) is 4. The number of furan rings is 1. The quantitative estimate of drug-likeness (QED) is 0.175. The lowest BCUT2D eigenvalue weighted by atomic mass is 10.1. The molecule has 1 aromatic rings. The zero-order chi connectivity index (χ0) is 17.9. The van der Waals surface area contributed by atoms with E-state index in [0.29, 0.717) is 37.5 Å². The van der Waals surface area contributed by atoms with Gasteiger partial charge in [-0.2, -0.15) is 0 Å². The lowest BCUT2D eigenvalue weighted by molar-refractivity contribution is 0.0468. The summed E-state index contributed by atoms with van der Waals surface area (Å²) in [5.74, 6) is 0.876. The first-order valence-electron chi connectivity index (χ1n) is 9.21. The summed E-state index contributed by atoms with van der Waals surface area (Å²) in [4.78, 5) is 15.5. The fourth-order valence-corrected chi connectivity index (χ4v) is 2.90. The average molecular weight is 478 g/mol. The summed E-state index contributed by atoms with van der Waals surface area (Å²) in [6.07, 6.45) is 7.97. The van der Waals surface area contributed by atoms with Crippen molar-refractivity contribution in [2.45, 2.75) is 58.1 Å². The maximum atomic E-state index is 11.0. The first-order valence-corrected chi connectivity index (χ1v) is 9.21. The SMILES string of the molecule is CCNC(=NCc1ccc(C(N)=O)o1)NCCOC1CCCCCC1.I. The van der Waals surface area contributed by atoms with Crippen molar-refractivity contribution in [2.24, 2.45) is 10.7 Å². The number of primary amides is 1. The van der Waals surface area contributed by atoms with Gasteiger partial charge in [0.1, 0.15) is 12.3 Å². The number of hydrogen-bond donors (Lipinski definition) is 3. The van der Waals surface area contributed by atoms with Gasteiger partial charge in [0.25, 0.3) is 5.91 Å². The largest absolute Gasteiger partial charge is 0.454 e. The Morgan fingerprint density at radius 3 is 2.62 bits per heavy atom. The maximum absolute atomic E-state index is 11.0. The summed E-state index contributed by atoms with van der Waals surface area (Å²) < 4.78 is 11.3. The molecule has 0 unspecified atom stereocenters. The molecule has 8 heteroatoms. The molecule has 0 spiro atoms. The molecule has 2 rings (SSSR count). The van der Waals surface area contributed by atoms with Gasteiger partial charge in [0.2, 0.25) is 0 Å². The molecule has 4 N–H and O–H groups in total. The molecule has 0 radical (unpaired) electrons. The average Bonchev–Trinajstić information content (AvgIpc) is 2.93. The highest BCUT2D eigenvalue weighted by atomic mass is 127. The number of aliphatic imine (C=N–C) groups is 1. The van der Waals surface area contributed by atoms with E-state index in [2.05, 4.69) is 15.6 Å². The molecule has 0 saturated heterocycles. The highest BCUT2D eigenvalue weighted by molar-refractivity contribution is 14.0. The molecule has 0 atom stereocenters. The molecule has 1 heterocycles. The molecular formula is C18H31IN4O3. The van der Waals surface area contributed by atoms with Crippen molar-refractivity contribution < 1.29 is 13.9 Å². The van der Waals surface area contributed by atoms with Gasteiger partial charge in [0.05, 0.1) is 12.7 Å². The number of nitrogens with zero attached hydrogens (tertiary/aromatic N) is 1. The van der Waals surface area contributed by atoms with Crippen LogP contribution in [0, 0.1) is 0 Å². The van der Waals surface area contributed by atoms with Crippen molar-refractivity contribution in [2.75, 3.05) is 19.7 Å². The molecule has 1 aliphatic rings. The molecule has 1 fully saturated rings. The van der Waals surface area contributed by atoms with Crippen molar-refractivity contribution in [3.63, 3.8) is 0 Å². The molecule has 0 aliphatic heterocycles. The van der Waals surface area contributed by atoms with Crippen molar-refractivity contribution in [3.05, 3.63) is 23.7 Å². The second-order valence-corrected chi connectivity index (χ2v) is 6.24. The van der Waals surface area contributed by atoms with Crippen LogP contribution in [-0.2, 0) is 11.3 Å². The number of guanidine groups is 1. The predicted octanol–water partition coefficient (Wildman–Crippen LogP) is 2.79. The Labute approximate surface area is 172 Å². The Bertz CT molecular complexity index is 554. The lowest BCUT2D eigenvalue weighted by Gasteiger charge is -2.16. The second kappa shape index (κ2) is 13.0. The minimum absolute atomic E-state index is 0. The van der Waals surface area contributed by atoms with Gasteiger partial charge in [0.15, 0.2) is 11.7 Å². The molecule has 1 amide bonds. The molecule has 0 aromatic carbocycles. The van der Waals surface area contributed by atoms with Gasteiger partial charge in [-0.05, 0) is 31.9 Å². The molecule has 1 saturated carbocycles. The Kier molecular flexibility index (Phi) is 11.3. The van der Waals surface area contributed by atoms with E-state index < -0.39 is 5.91 Å². The number of halogens is 1. The third kappa shape index (κ3) is 8.39. The second-order valence-electron chi connectivity index (χ2n) is 6.24. The van der Waals surface area contributed by atoms with Crippen molar-refractivity contribution in [1.29, 1.82) is 0 Å². The number of amides is 1. The minimum Gasteiger partial charge on any atom is -0.454 e. The third-order valence-corrected chi connectivity index (χ3v) is 4.19. The lowest BCUT2D eigenvalue weighted by Crippen LogP contribution is -2.39. The number of nitrogens with two attached hydrogens (primary N) is 1. The summed E-state index contributed by atoms with van der Waals surface area (Å²) in [5, 5.41) is 6.44. The Morgan fingerprint density at radius 1 is 1.27 bits per heavy atom. The fraction of sp³-hybridized carbons (Fsp3) is 0.667. The Balaban J connectivity index is 0.00000338. The van der Waals surface area contributed by atoms with Gasteiger partial charge in [-0.25, -0.2) is 4.99 Å². The zero-order valence-corrected chi connectivity index (χ0v) is 17.8. The smallest absolute Gasteiger partial charge is 0.284 e. The predicted molar refractivity (Wildman–Crippen MR) is 113 cm³/mol. The van der Waals surface area contributed by atoms with Crippen LogP contribution in [0.25, 0.3) is 0 Å². The van der Waals surface area contributed by atoms with E-state index in [0.717, 1.165) is 6.54 Å². The number of nitrogens with one attached hydrogen (secondary N) is 2. The highest BCUT2D eigenvalue weighted by Crippen LogP contribution is 2.19. The van der Waals surface area contributed by atoms with E-state index >= 15 is 0 Å². The summed E-state index contributed by atoms with van der Waals surface area (Å²) in [5.41, 5.74) is 5.18. The molecular weight excluding hydrogens is 447 g/mol. The van der Waals surface area contributed by atoms with E-state index in [1.54, 1.807) is 12.1 Å². The van der Waals surface area contributed by atoms with Gasteiger partial charge in [-0.1, -0.05) is 25.7 Å². The molecule has 26 heavy (non-hydrogen) atoms. The van der Waals surface area contributed by atoms with E-state index in [4.69, 9.17) is 14.9 Å². The van der Waals surface area contributed by atoms with E-state index in [-0.39, 0.29) is 29.7 Å². The van der Waals surface area contributed by atoms with Crippen LogP contribution in [0.3, 0.4) is 0 Å². The van der Waals surface area contributed by atoms with Crippen LogP contribution in [0.15, 0.2) is 21.5 Å². The van der Waals surface area contributed by atoms with Crippen LogP contribution >= 0.6 is 24.0 Å². The van der Waals surface area contributed by atoms with Crippen molar-refractivity contribution >= 4 is 35.8 Å². The summed E-state index contributed by atoms with van der Waals surface area (Å²) in [6, 6.07) is 3.27.